The molecule has 0 saturated heterocycles. The molecular formula is C4H8N2O. The third-order valence-electron chi connectivity index (χ3n) is 0.510. The maximum Gasteiger partial charge on any atom is 0.176 e. The van der Waals surface area contributed by atoms with Gasteiger partial charge in [-0.3, -0.25) is 0 Å². The van der Waals surface area contributed by atoms with Crippen LogP contribution in [0, 0.1) is 11.5 Å². The number of nitrogens with one attached hydrogen (secondary N) is 1. The fourth-order valence-corrected chi connectivity index (χ4v) is 0.209. The highest BCUT2D eigenvalue weighted by molar-refractivity contribution is 4.62. The van der Waals surface area contributed by atoms with Crippen molar-refractivity contribution in [2.45, 2.75) is 0 Å². The summed E-state index contributed by atoms with van der Waals surface area (Å²) in [6.07, 6.45) is 1.77. The van der Waals surface area contributed by atoms with Gasteiger partial charge in [-0.2, -0.15) is 5.26 Å². The molecule has 0 aliphatic heterocycles. The molecule has 0 saturated carbocycles. The van der Waals surface area contributed by atoms with Crippen molar-refractivity contribution in [3.05, 3.63) is 0 Å². The average Bonchev–Trinajstić information content (AvgIpc) is 1.69. The molecule has 0 aromatic rings. The van der Waals surface area contributed by atoms with Gasteiger partial charge in [-0.25, -0.2) is 0 Å². The van der Waals surface area contributed by atoms with Crippen LogP contribution in [-0.2, 0) is 4.74 Å². The lowest BCUT2D eigenvalue weighted by atomic mass is 10.7. The summed E-state index contributed by atoms with van der Waals surface area (Å²) in [6, 6.07) is 0. The lowest BCUT2D eigenvalue weighted by molar-refractivity contribution is 0.203. The summed E-state index contributed by atoms with van der Waals surface area (Å²) in [5.74, 6) is 0. The third-order valence-corrected chi connectivity index (χ3v) is 0.510. The maximum atomic E-state index is 7.88. The molecule has 0 unspecified atom stereocenters. The van der Waals surface area contributed by atoms with Gasteiger partial charge in [0, 0.05) is 13.7 Å². The summed E-state index contributed by atoms with van der Waals surface area (Å²) in [5.41, 5.74) is 0. The molecule has 0 amide bonds. The molecule has 0 heterocycles. The van der Waals surface area contributed by atoms with Gasteiger partial charge in [0.15, 0.2) is 6.19 Å². The largest absolute Gasteiger partial charge is 0.383 e. The van der Waals surface area contributed by atoms with E-state index in [0.29, 0.717) is 13.2 Å². The Balaban J connectivity index is 2.60. The van der Waals surface area contributed by atoms with E-state index in [2.05, 4.69) is 10.1 Å². The van der Waals surface area contributed by atoms with Crippen LogP contribution in [0.25, 0.3) is 0 Å². The number of ether oxygens (including phenoxy) is 1. The van der Waals surface area contributed by atoms with E-state index in [0.717, 1.165) is 0 Å². The zero-order chi connectivity index (χ0) is 5.54. The molecule has 0 rings (SSSR count). The van der Waals surface area contributed by atoms with Crippen molar-refractivity contribution < 1.29 is 4.74 Å². The smallest absolute Gasteiger partial charge is 0.176 e. The van der Waals surface area contributed by atoms with Gasteiger partial charge in [-0.15, -0.1) is 0 Å². The first-order valence-electron chi connectivity index (χ1n) is 2.02. The summed E-state index contributed by atoms with van der Waals surface area (Å²) in [4.78, 5) is 0. The molecule has 0 aliphatic carbocycles. The first kappa shape index (κ1) is 6.25. The van der Waals surface area contributed by atoms with Crippen molar-refractivity contribution in [1.82, 2.24) is 5.32 Å². The fourth-order valence-electron chi connectivity index (χ4n) is 0.209. The Bertz CT molecular complexity index is 66.6. The van der Waals surface area contributed by atoms with E-state index in [1.807, 2.05) is 0 Å². The maximum absolute atomic E-state index is 7.88. The number of hydrogen-bond donors (Lipinski definition) is 1. The van der Waals surface area contributed by atoms with E-state index < -0.39 is 0 Å². The zero-order valence-electron chi connectivity index (χ0n) is 4.27. The number of nitriles is 1. The molecule has 0 bridgehead atoms. The molecule has 0 aromatic carbocycles. The monoisotopic (exact) mass is 100 g/mol. The predicted octanol–water partition coefficient (Wildman–Crippen LogP) is -0.297. The summed E-state index contributed by atoms with van der Waals surface area (Å²) >= 11 is 0. The Morgan fingerprint density at radius 1 is 1.86 bits per heavy atom. The molecule has 0 radical (unpaired) electrons. The van der Waals surface area contributed by atoms with Gasteiger partial charge in [0.1, 0.15) is 0 Å². The Morgan fingerprint density at radius 2 is 2.57 bits per heavy atom. The zero-order valence-corrected chi connectivity index (χ0v) is 4.27. The normalized spacial score (nSPS) is 7.43. The van der Waals surface area contributed by atoms with Crippen molar-refractivity contribution in [2.24, 2.45) is 0 Å². The van der Waals surface area contributed by atoms with Gasteiger partial charge < -0.3 is 10.1 Å². The fraction of sp³-hybridized carbons (Fsp3) is 0.750. The van der Waals surface area contributed by atoms with Gasteiger partial charge >= 0.3 is 0 Å². The number of methoxy groups -OCH3 is 1. The van der Waals surface area contributed by atoms with Crippen LogP contribution in [-0.4, -0.2) is 20.3 Å². The minimum Gasteiger partial charge on any atom is -0.383 e. The average molecular weight is 100 g/mol. The molecule has 0 spiro atoms. The van der Waals surface area contributed by atoms with Crippen LogP contribution >= 0.6 is 0 Å². The van der Waals surface area contributed by atoms with Crippen molar-refractivity contribution in [3.8, 4) is 6.19 Å². The second kappa shape index (κ2) is 5.25. The van der Waals surface area contributed by atoms with Crippen molar-refractivity contribution >= 4 is 0 Å². The highest BCUT2D eigenvalue weighted by Gasteiger charge is 1.75. The number of rotatable bonds is 3. The SMILES string of the molecule is COCCNC#N. The van der Waals surface area contributed by atoms with Crippen molar-refractivity contribution in [3.63, 3.8) is 0 Å². The van der Waals surface area contributed by atoms with Crippen LogP contribution in [0.4, 0.5) is 0 Å². The predicted molar refractivity (Wildman–Crippen MR) is 25.5 cm³/mol. The molecule has 7 heavy (non-hydrogen) atoms. The summed E-state index contributed by atoms with van der Waals surface area (Å²) < 4.78 is 4.63. The molecule has 0 aromatic heterocycles. The minimum atomic E-state index is 0.591. The van der Waals surface area contributed by atoms with Crippen LogP contribution in [0.5, 0.6) is 0 Å². The molecule has 0 aliphatic rings. The first-order valence-corrected chi connectivity index (χ1v) is 2.02. The van der Waals surface area contributed by atoms with Crippen LogP contribution in [0.3, 0.4) is 0 Å². The van der Waals surface area contributed by atoms with Gasteiger partial charge in [0.2, 0.25) is 0 Å². The van der Waals surface area contributed by atoms with Crippen molar-refractivity contribution in [2.75, 3.05) is 20.3 Å². The van der Waals surface area contributed by atoms with E-state index in [4.69, 9.17) is 5.26 Å². The van der Waals surface area contributed by atoms with Crippen LogP contribution in [0.15, 0.2) is 0 Å². The quantitative estimate of drug-likeness (QED) is 0.301. The summed E-state index contributed by atoms with van der Waals surface area (Å²) in [5, 5.41) is 10.3. The summed E-state index contributed by atoms with van der Waals surface area (Å²) in [7, 11) is 1.60. The van der Waals surface area contributed by atoms with Crippen LogP contribution in [0.2, 0.25) is 0 Å². The Kier molecular flexibility index (Phi) is 4.69. The van der Waals surface area contributed by atoms with Crippen LogP contribution < -0.4 is 5.32 Å². The third kappa shape index (κ3) is 5.25. The van der Waals surface area contributed by atoms with Gasteiger partial charge in [-0.1, -0.05) is 0 Å². The van der Waals surface area contributed by atoms with E-state index in [-0.39, 0.29) is 0 Å². The topological polar surface area (TPSA) is 45.0 Å². The second-order valence-corrected chi connectivity index (χ2v) is 1.03. The Hall–Kier alpha value is -0.750. The molecule has 1 N–H and O–H groups in total. The van der Waals surface area contributed by atoms with Crippen molar-refractivity contribution in [1.29, 1.82) is 5.26 Å². The lowest BCUT2D eigenvalue weighted by Gasteiger charge is -1.91. The van der Waals surface area contributed by atoms with Gasteiger partial charge in [0.05, 0.1) is 6.61 Å². The Labute approximate surface area is 42.9 Å². The highest BCUT2D eigenvalue weighted by Crippen LogP contribution is 1.59. The minimum absolute atomic E-state index is 0.591. The molecule has 0 fully saturated rings. The highest BCUT2D eigenvalue weighted by atomic mass is 16.5. The second-order valence-electron chi connectivity index (χ2n) is 1.03. The van der Waals surface area contributed by atoms with E-state index >= 15 is 0 Å². The molecule has 3 heteroatoms. The molecule has 3 nitrogen and oxygen atoms in total. The van der Waals surface area contributed by atoms with E-state index in [9.17, 15) is 0 Å². The van der Waals surface area contributed by atoms with Crippen LogP contribution in [0.1, 0.15) is 0 Å². The molecule has 0 atom stereocenters. The number of nitrogens with zero attached hydrogens (tertiary/aromatic N) is 1. The van der Waals surface area contributed by atoms with E-state index in [1.165, 1.54) is 0 Å². The lowest BCUT2D eigenvalue weighted by Crippen LogP contribution is -2.11. The first-order chi connectivity index (χ1) is 3.41. The molecular weight excluding hydrogens is 92.1 g/mol. The Morgan fingerprint density at radius 3 is 3.00 bits per heavy atom. The van der Waals surface area contributed by atoms with Gasteiger partial charge in [0.25, 0.3) is 0 Å². The molecule has 40 valence electrons. The summed E-state index contributed by atoms with van der Waals surface area (Å²) in [6.45, 7) is 1.20. The standard InChI is InChI=1S/C4H8N2O/c1-7-3-2-6-4-5/h6H,2-3H2,1H3. The van der Waals surface area contributed by atoms with E-state index in [1.54, 1.807) is 13.3 Å². The van der Waals surface area contributed by atoms with Gasteiger partial charge in [-0.05, 0) is 0 Å². The number of hydrogen-bond acceptors (Lipinski definition) is 3.